The van der Waals surface area contributed by atoms with Crippen molar-refractivity contribution in [2.75, 3.05) is 46.4 Å². The molecule has 122 valence electrons. The van der Waals surface area contributed by atoms with Gasteiger partial charge in [0.05, 0.1) is 6.61 Å². The van der Waals surface area contributed by atoms with Crippen LogP contribution in [0.25, 0.3) is 0 Å². The Morgan fingerprint density at radius 1 is 1.14 bits per heavy atom. The second-order valence-corrected chi connectivity index (χ2v) is 7.10. The first kappa shape index (κ1) is 15.8. The standard InChI is InChI=1S/C19H30N2O/c1-16-14-17(7-8-19(16)22-15-18-5-6-18)4-3-9-21-12-10-20(2)11-13-21/h7-8,14,18H,3-6,9-13,15H2,1-2H3. The minimum Gasteiger partial charge on any atom is -0.493 e. The molecular formula is C19H30N2O. The summed E-state index contributed by atoms with van der Waals surface area (Å²) >= 11 is 0. The molecule has 2 aliphatic rings. The van der Waals surface area contributed by atoms with E-state index in [-0.39, 0.29) is 0 Å². The van der Waals surface area contributed by atoms with Crippen LogP contribution in [-0.4, -0.2) is 56.2 Å². The van der Waals surface area contributed by atoms with Crippen molar-refractivity contribution in [1.29, 1.82) is 0 Å². The van der Waals surface area contributed by atoms with Crippen LogP contribution in [0.5, 0.6) is 5.75 Å². The second-order valence-electron chi connectivity index (χ2n) is 7.10. The number of rotatable bonds is 7. The van der Waals surface area contributed by atoms with Crippen molar-refractivity contribution in [2.24, 2.45) is 5.92 Å². The van der Waals surface area contributed by atoms with Crippen LogP contribution in [0.1, 0.15) is 30.4 Å². The van der Waals surface area contributed by atoms with Crippen LogP contribution in [0.3, 0.4) is 0 Å². The number of ether oxygens (including phenoxy) is 1. The van der Waals surface area contributed by atoms with Crippen LogP contribution in [0.15, 0.2) is 18.2 Å². The van der Waals surface area contributed by atoms with Crippen LogP contribution in [0.2, 0.25) is 0 Å². The highest BCUT2D eigenvalue weighted by atomic mass is 16.5. The third kappa shape index (κ3) is 4.72. The molecule has 0 aromatic heterocycles. The van der Waals surface area contributed by atoms with Crippen molar-refractivity contribution in [3.05, 3.63) is 29.3 Å². The van der Waals surface area contributed by atoms with E-state index in [1.165, 1.54) is 69.5 Å². The fourth-order valence-electron chi connectivity index (χ4n) is 3.10. The number of hydrogen-bond acceptors (Lipinski definition) is 3. The molecule has 3 heteroatoms. The van der Waals surface area contributed by atoms with Gasteiger partial charge in [-0.15, -0.1) is 0 Å². The molecule has 1 saturated heterocycles. The maximum absolute atomic E-state index is 5.91. The van der Waals surface area contributed by atoms with Gasteiger partial charge in [-0.2, -0.15) is 0 Å². The van der Waals surface area contributed by atoms with Gasteiger partial charge in [0.25, 0.3) is 0 Å². The fourth-order valence-corrected chi connectivity index (χ4v) is 3.10. The maximum atomic E-state index is 5.91. The Bertz CT molecular complexity index is 476. The Balaban J connectivity index is 1.41. The van der Waals surface area contributed by atoms with Gasteiger partial charge in [-0.3, -0.25) is 0 Å². The molecule has 1 aliphatic heterocycles. The molecule has 1 aromatic carbocycles. The van der Waals surface area contributed by atoms with Crippen LogP contribution in [-0.2, 0) is 6.42 Å². The monoisotopic (exact) mass is 302 g/mol. The van der Waals surface area contributed by atoms with Gasteiger partial charge in [-0.25, -0.2) is 0 Å². The smallest absolute Gasteiger partial charge is 0.122 e. The van der Waals surface area contributed by atoms with E-state index in [9.17, 15) is 0 Å². The lowest BCUT2D eigenvalue weighted by molar-refractivity contribution is 0.153. The molecule has 0 N–H and O–H groups in total. The Labute approximate surface area is 135 Å². The number of nitrogens with zero attached hydrogens (tertiary/aromatic N) is 2. The van der Waals surface area contributed by atoms with Crippen LogP contribution in [0.4, 0.5) is 0 Å². The molecule has 0 bridgehead atoms. The summed E-state index contributed by atoms with van der Waals surface area (Å²) in [6.07, 6.45) is 5.13. The van der Waals surface area contributed by atoms with Crippen molar-refractivity contribution in [3.63, 3.8) is 0 Å². The van der Waals surface area contributed by atoms with E-state index in [0.717, 1.165) is 18.3 Å². The minimum absolute atomic E-state index is 0.822. The molecule has 1 heterocycles. The van der Waals surface area contributed by atoms with E-state index in [1.54, 1.807) is 0 Å². The molecule has 2 fully saturated rings. The van der Waals surface area contributed by atoms with Crippen LogP contribution >= 0.6 is 0 Å². The van der Waals surface area contributed by atoms with E-state index in [2.05, 4.69) is 42.0 Å². The van der Waals surface area contributed by atoms with E-state index < -0.39 is 0 Å². The van der Waals surface area contributed by atoms with Gasteiger partial charge in [-0.1, -0.05) is 12.1 Å². The summed E-state index contributed by atoms with van der Waals surface area (Å²) in [5, 5.41) is 0. The normalized spacial score (nSPS) is 20.3. The largest absolute Gasteiger partial charge is 0.493 e. The van der Waals surface area contributed by atoms with Crippen LogP contribution < -0.4 is 4.74 Å². The molecule has 0 atom stereocenters. The lowest BCUT2D eigenvalue weighted by Gasteiger charge is -2.32. The first-order valence-corrected chi connectivity index (χ1v) is 8.84. The van der Waals surface area contributed by atoms with Gasteiger partial charge in [0.1, 0.15) is 5.75 Å². The molecule has 0 amide bonds. The fraction of sp³-hybridized carbons (Fsp3) is 0.684. The zero-order chi connectivity index (χ0) is 15.4. The molecule has 3 rings (SSSR count). The molecule has 1 saturated carbocycles. The van der Waals surface area contributed by atoms with E-state index in [4.69, 9.17) is 4.74 Å². The van der Waals surface area contributed by atoms with E-state index >= 15 is 0 Å². The van der Waals surface area contributed by atoms with Gasteiger partial charge in [0, 0.05) is 26.2 Å². The predicted molar refractivity (Wildman–Crippen MR) is 91.7 cm³/mol. The first-order valence-electron chi connectivity index (χ1n) is 8.84. The van der Waals surface area contributed by atoms with Crippen molar-refractivity contribution in [3.8, 4) is 5.75 Å². The Morgan fingerprint density at radius 3 is 2.59 bits per heavy atom. The molecule has 0 spiro atoms. The zero-order valence-electron chi connectivity index (χ0n) is 14.2. The summed E-state index contributed by atoms with van der Waals surface area (Å²) in [5.41, 5.74) is 2.74. The average Bonchev–Trinajstić information content (AvgIpc) is 3.33. The summed E-state index contributed by atoms with van der Waals surface area (Å²) in [6, 6.07) is 6.73. The summed E-state index contributed by atoms with van der Waals surface area (Å²) < 4.78 is 5.91. The molecule has 1 aliphatic carbocycles. The number of aryl methyl sites for hydroxylation is 2. The average molecular weight is 302 g/mol. The molecule has 1 aromatic rings. The van der Waals surface area contributed by atoms with Crippen molar-refractivity contribution in [2.45, 2.75) is 32.6 Å². The van der Waals surface area contributed by atoms with Crippen molar-refractivity contribution < 1.29 is 4.74 Å². The highest BCUT2D eigenvalue weighted by molar-refractivity contribution is 5.36. The lowest BCUT2D eigenvalue weighted by Crippen LogP contribution is -2.44. The topological polar surface area (TPSA) is 15.7 Å². The first-order chi connectivity index (χ1) is 10.7. The van der Waals surface area contributed by atoms with Gasteiger partial charge in [-0.05, 0) is 69.3 Å². The summed E-state index contributed by atoms with van der Waals surface area (Å²) in [7, 11) is 2.22. The number of likely N-dealkylation sites (N-methyl/N-ethyl adjacent to an activating group) is 1. The van der Waals surface area contributed by atoms with Gasteiger partial charge < -0.3 is 14.5 Å². The zero-order valence-corrected chi connectivity index (χ0v) is 14.2. The summed E-state index contributed by atoms with van der Waals surface area (Å²) in [6.45, 7) is 9.19. The second kappa shape index (κ2) is 7.47. The molecule has 0 radical (unpaired) electrons. The maximum Gasteiger partial charge on any atom is 0.122 e. The molecular weight excluding hydrogens is 272 g/mol. The minimum atomic E-state index is 0.822. The van der Waals surface area contributed by atoms with E-state index in [1.807, 2.05) is 0 Å². The van der Waals surface area contributed by atoms with Crippen LogP contribution in [0, 0.1) is 12.8 Å². The van der Waals surface area contributed by atoms with Gasteiger partial charge in [0.15, 0.2) is 0 Å². The number of hydrogen-bond donors (Lipinski definition) is 0. The molecule has 22 heavy (non-hydrogen) atoms. The highest BCUT2D eigenvalue weighted by Crippen LogP contribution is 2.30. The Hall–Kier alpha value is -1.06. The number of piperazine rings is 1. The summed E-state index contributed by atoms with van der Waals surface area (Å²) in [5.74, 6) is 1.90. The third-order valence-electron chi connectivity index (χ3n) is 4.95. The number of benzene rings is 1. The Morgan fingerprint density at radius 2 is 1.91 bits per heavy atom. The van der Waals surface area contributed by atoms with Crippen molar-refractivity contribution in [1.82, 2.24) is 9.80 Å². The highest BCUT2D eigenvalue weighted by Gasteiger charge is 2.22. The lowest BCUT2D eigenvalue weighted by atomic mass is 10.1. The van der Waals surface area contributed by atoms with Gasteiger partial charge >= 0.3 is 0 Å². The molecule has 3 nitrogen and oxygen atoms in total. The molecule has 0 unspecified atom stereocenters. The van der Waals surface area contributed by atoms with Gasteiger partial charge in [0.2, 0.25) is 0 Å². The third-order valence-corrected chi connectivity index (χ3v) is 4.95. The van der Waals surface area contributed by atoms with E-state index in [0.29, 0.717) is 0 Å². The van der Waals surface area contributed by atoms with Crippen molar-refractivity contribution >= 4 is 0 Å². The Kier molecular flexibility index (Phi) is 5.37. The SMILES string of the molecule is Cc1cc(CCCN2CCN(C)CC2)ccc1OCC1CC1. The quantitative estimate of drug-likeness (QED) is 0.770. The predicted octanol–water partition coefficient (Wildman–Crippen LogP) is 2.96. The summed E-state index contributed by atoms with van der Waals surface area (Å²) in [4.78, 5) is 5.01.